The Morgan fingerprint density at radius 2 is 0.929 bits per heavy atom. The molecular formula is C48H74O8. The van der Waals surface area contributed by atoms with Crippen LogP contribution in [0, 0.1) is 0 Å². The summed E-state index contributed by atoms with van der Waals surface area (Å²) in [6, 6.07) is 5.94. The number of phenolic OH excluding ortho intramolecular Hbond substituents is 4. The summed E-state index contributed by atoms with van der Waals surface area (Å²) in [5.74, 6) is -2.88. The number of carbonyl (C=O) groups is 1. The number of hydrogen-bond acceptors (Lipinski definition) is 8. The van der Waals surface area contributed by atoms with Crippen molar-refractivity contribution in [3.63, 3.8) is 0 Å². The molecular weight excluding hydrogens is 705 g/mol. The molecule has 3 rings (SSSR count). The molecule has 0 fully saturated rings. The Bertz CT molecular complexity index is 1580. The highest BCUT2D eigenvalue weighted by Gasteiger charge is 2.23. The lowest BCUT2D eigenvalue weighted by Gasteiger charge is -2.12. The first-order chi connectivity index (χ1) is 27.3. The maximum absolute atomic E-state index is 13.4. The molecule has 56 heavy (non-hydrogen) atoms. The molecule has 8 heteroatoms. The van der Waals surface area contributed by atoms with Gasteiger partial charge in [-0.2, -0.15) is 0 Å². The normalized spacial score (nSPS) is 11.4. The summed E-state index contributed by atoms with van der Waals surface area (Å²) >= 11 is 0. The van der Waals surface area contributed by atoms with Gasteiger partial charge in [-0.15, -0.1) is 0 Å². The zero-order chi connectivity index (χ0) is 40.2. The van der Waals surface area contributed by atoms with E-state index >= 15 is 0 Å². The monoisotopic (exact) mass is 779 g/mol. The van der Waals surface area contributed by atoms with E-state index in [2.05, 4.69) is 6.92 Å². The molecule has 0 bridgehead atoms. The van der Waals surface area contributed by atoms with Crippen molar-refractivity contribution in [1.82, 2.24) is 0 Å². The van der Waals surface area contributed by atoms with Crippen LogP contribution in [0.2, 0.25) is 0 Å². The first kappa shape index (κ1) is 46.7. The highest BCUT2D eigenvalue weighted by molar-refractivity contribution is 5.89. The van der Waals surface area contributed by atoms with E-state index in [1.54, 1.807) is 0 Å². The molecule has 314 valence electrons. The average Bonchev–Trinajstić information content (AvgIpc) is 3.17. The third kappa shape index (κ3) is 18.5. The maximum atomic E-state index is 13.4. The number of rotatable bonds is 33. The molecule has 0 saturated heterocycles. The molecule has 8 nitrogen and oxygen atoms in total. The van der Waals surface area contributed by atoms with Crippen LogP contribution in [0.1, 0.15) is 206 Å². The topological polar surface area (TPSA) is 137 Å². The van der Waals surface area contributed by atoms with Crippen LogP contribution < -0.4 is 10.2 Å². The van der Waals surface area contributed by atoms with Crippen molar-refractivity contribution in [2.75, 3.05) is 0 Å². The number of phenols is 4. The lowest BCUT2D eigenvalue weighted by atomic mass is 10.0. The van der Waals surface area contributed by atoms with Crippen molar-refractivity contribution >= 4 is 16.9 Å². The van der Waals surface area contributed by atoms with E-state index in [1.165, 1.54) is 185 Å². The lowest BCUT2D eigenvalue weighted by Crippen LogP contribution is -2.16. The average molecular weight is 779 g/mol. The molecule has 0 radical (unpaired) electrons. The SMILES string of the molecule is CCCCCCCCCCCCCCCCCCCCCCCCCCCCCCCCC(=O)Oc1c(-c2ccc(O)c(O)c2)oc2cc(O)cc(O)c2c1=O. The predicted octanol–water partition coefficient (Wildman–Crippen LogP) is 14.3. The summed E-state index contributed by atoms with van der Waals surface area (Å²) < 4.78 is 11.3. The summed E-state index contributed by atoms with van der Waals surface area (Å²) in [5.41, 5.74) is -0.748. The van der Waals surface area contributed by atoms with Crippen molar-refractivity contribution in [3.05, 3.63) is 40.6 Å². The third-order valence-electron chi connectivity index (χ3n) is 11.1. The van der Waals surface area contributed by atoms with Crippen LogP contribution in [0.25, 0.3) is 22.3 Å². The number of hydrogen-bond donors (Lipinski definition) is 4. The Morgan fingerprint density at radius 1 is 0.518 bits per heavy atom. The van der Waals surface area contributed by atoms with E-state index in [1.807, 2.05) is 0 Å². The predicted molar refractivity (Wildman–Crippen MR) is 229 cm³/mol. The maximum Gasteiger partial charge on any atom is 0.311 e. The molecule has 0 unspecified atom stereocenters. The van der Waals surface area contributed by atoms with Gasteiger partial charge in [0.15, 0.2) is 17.3 Å². The van der Waals surface area contributed by atoms with Crippen molar-refractivity contribution in [2.45, 2.75) is 206 Å². The molecule has 0 spiro atoms. The van der Waals surface area contributed by atoms with Gasteiger partial charge in [0.1, 0.15) is 22.5 Å². The smallest absolute Gasteiger partial charge is 0.311 e. The molecule has 0 aliphatic rings. The standard InChI is InChI=1S/C48H74O8/c1-2-3-4-5-6-7-8-9-10-11-12-13-14-15-16-17-18-19-20-21-22-23-24-25-26-27-28-29-30-31-32-44(53)56-48-46(54)45-42(52)36-39(49)37-43(45)55-47(48)38-33-34-40(50)41(51)35-38/h33-37,49-52H,2-32H2,1H3. The molecule has 2 aromatic carbocycles. The first-order valence-corrected chi connectivity index (χ1v) is 22.6. The van der Waals surface area contributed by atoms with Crippen LogP contribution in [-0.4, -0.2) is 26.4 Å². The van der Waals surface area contributed by atoms with E-state index in [0.29, 0.717) is 6.42 Å². The second-order valence-electron chi connectivity index (χ2n) is 16.1. The molecule has 1 heterocycles. The Hall–Kier alpha value is -3.68. The minimum absolute atomic E-state index is 0.110. The molecule has 4 N–H and O–H groups in total. The number of fused-ring (bicyclic) bond motifs is 1. The van der Waals surface area contributed by atoms with Gasteiger partial charge in [-0.1, -0.05) is 193 Å². The fourth-order valence-electron chi connectivity index (χ4n) is 7.67. The summed E-state index contributed by atoms with van der Waals surface area (Å²) in [7, 11) is 0. The Labute approximate surface area is 337 Å². The van der Waals surface area contributed by atoms with E-state index in [-0.39, 0.29) is 40.2 Å². The quantitative estimate of drug-likeness (QED) is 0.0272. The molecule has 1 aromatic heterocycles. The summed E-state index contributed by atoms with van der Waals surface area (Å²) in [5, 5.41) is 39.7. The Morgan fingerprint density at radius 3 is 1.34 bits per heavy atom. The van der Waals surface area contributed by atoms with E-state index < -0.39 is 28.6 Å². The number of carbonyl (C=O) groups excluding carboxylic acids is 1. The fraction of sp³-hybridized carbons (Fsp3) is 0.667. The van der Waals surface area contributed by atoms with Crippen LogP contribution in [-0.2, 0) is 4.79 Å². The minimum atomic E-state index is -0.791. The number of ether oxygens (including phenoxy) is 1. The summed E-state index contributed by atoms with van der Waals surface area (Å²) in [6.45, 7) is 2.29. The molecule has 3 aromatic rings. The highest BCUT2D eigenvalue weighted by atomic mass is 16.5. The van der Waals surface area contributed by atoms with Crippen LogP contribution >= 0.6 is 0 Å². The van der Waals surface area contributed by atoms with Gasteiger partial charge in [-0.05, 0) is 24.6 Å². The van der Waals surface area contributed by atoms with Crippen molar-refractivity contribution < 1.29 is 34.4 Å². The third-order valence-corrected chi connectivity index (χ3v) is 11.1. The number of aromatic hydroxyl groups is 4. The molecule has 0 aliphatic heterocycles. The van der Waals surface area contributed by atoms with Gasteiger partial charge < -0.3 is 29.6 Å². The number of unbranched alkanes of at least 4 members (excludes halogenated alkanes) is 29. The zero-order valence-electron chi connectivity index (χ0n) is 34.7. The number of esters is 1. The molecule has 0 amide bonds. The first-order valence-electron chi connectivity index (χ1n) is 22.6. The second kappa shape index (κ2) is 28.7. The van der Waals surface area contributed by atoms with E-state index in [0.717, 1.165) is 31.4 Å². The van der Waals surface area contributed by atoms with Crippen LogP contribution in [0.3, 0.4) is 0 Å². The van der Waals surface area contributed by atoms with Gasteiger partial charge in [0.25, 0.3) is 0 Å². The van der Waals surface area contributed by atoms with Gasteiger partial charge >= 0.3 is 5.97 Å². The summed E-state index contributed by atoms with van der Waals surface area (Å²) in [4.78, 5) is 26.2. The van der Waals surface area contributed by atoms with Gasteiger partial charge in [0.2, 0.25) is 11.2 Å². The van der Waals surface area contributed by atoms with Crippen LogP contribution in [0.4, 0.5) is 0 Å². The van der Waals surface area contributed by atoms with Crippen molar-refractivity contribution in [1.29, 1.82) is 0 Å². The van der Waals surface area contributed by atoms with E-state index in [9.17, 15) is 30.0 Å². The van der Waals surface area contributed by atoms with Crippen LogP contribution in [0.5, 0.6) is 28.7 Å². The second-order valence-corrected chi connectivity index (χ2v) is 16.1. The largest absolute Gasteiger partial charge is 0.508 e. The van der Waals surface area contributed by atoms with E-state index in [4.69, 9.17) is 9.15 Å². The molecule has 0 atom stereocenters. The van der Waals surface area contributed by atoms with Crippen molar-refractivity contribution in [2.24, 2.45) is 0 Å². The van der Waals surface area contributed by atoms with Gasteiger partial charge in [0, 0.05) is 24.1 Å². The minimum Gasteiger partial charge on any atom is -0.508 e. The highest BCUT2D eigenvalue weighted by Crippen LogP contribution is 2.38. The fourth-order valence-corrected chi connectivity index (χ4v) is 7.67. The number of benzene rings is 2. The lowest BCUT2D eigenvalue weighted by molar-refractivity contribution is -0.134. The molecule has 0 saturated carbocycles. The Kier molecular flexibility index (Phi) is 23.9. The molecule has 0 aliphatic carbocycles. The van der Waals surface area contributed by atoms with Crippen LogP contribution in [0.15, 0.2) is 39.5 Å². The summed E-state index contributed by atoms with van der Waals surface area (Å²) in [6.07, 6.45) is 40.0. The van der Waals surface area contributed by atoms with Gasteiger partial charge in [0.05, 0.1) is 0 Å². The van der Waals surface area contributed by atoms with Gasteiger partial charge in [-0.25, -0.2) is 0 Å². The Balaban J connectivity index is 1.13. The van der Waals surface area contributed by atoms with Gasteiger partial charge in [-0.3, -0.25) is 9.59 Å². The van der Waals surface area contributed by atoms with Crippen molar-refractivity contribution in [3.8, 4) is 40.1 Å². The zero-order valence-corrected chi connectivity index (χ0v) is 34.7.